The van der Waals surface area contributed by atoms with Crippen molar-refractivity contribution in [3.8, 4) is 11.8 Å². The summed E-state index contributed by atoms with van der Waals surface area (Å²) in [7, 11) is 3.11. The van der Waals surface area contributed by atoms with E-state index >= 15 is 0 Å². The van der Waals surface area contributed by atoms with Gasteiger partial charge >= 0.3 is 0 Å². The second-order valence-corrected chi connectivity index (χ2v) is 4.35. The van der Waals surface area contributed by atoms with Crippen molar-refractivity contribution in [3.05, 3.63) is 6.07 Å². The normalized spacial score (nSPS) is 17.1. The summed E-state index contributed by atoms with van der Waals surface area (Å²) in [6.45, 7) is 0.670. The number of nitrogens with one attached hydrogen (secondary N) is 1. The van der Waals surface area contributed by atoms with Gasteiger partial charge in [-0.1, -0.05) is 0 Å². The zero-order valence-electron chi connectivity index (χ0n) is 10.2. The molecule has 0 saturated heterocycles. The summed E-state index contributed by atoms with van der Waals surface area (Å²) in [5, 5.41) is 3.13. The van der Waals surface area contributed by atoms with Crippen LogP contribution in [0, 0.1) is 0 Å². The molecule has 0 aromatic carbocycles. The van der Waals surface area contributed by atoms with Crippen molar-refractivity contribution in [1.29, 1.82) is 0 Å². The van der Waals surface area contributed by atoms with Crippen LogP contribution in [0.2, 0.25) is 0 Å². The second-order valence-electron chi connectivity index (χ2n) is 4.35. The average molecular weight is 238 g/mol. The van der Waals surface area contributed by atoms with E-state index < -0.39 is 0 Å². The number of anilines is 1. The monoisotopic (exact) mass is 238 g/mol. The Hall–Kier alpha value is -1.56. The molecule has 0 spiro atoms. The van der Waals surface area contributed by atoms with Crippen molar-refractivity contribution in [2.75, 3.05) is 26.1 Å². The van der Waals surface area contributed by atoms with E-state index in [1.165, 1.54) is 6.42 Å². The Balaban J connectivity index is 2.03. The molecule has 0 radical (unpaired) electrons. The number of ether oxygens (including phenoxy) is 2. The second kappa shape index (κ2) is 4.75. The molecule has 1 aromatic heterocycles. The van der Waals surface area contributed by atoms with Gasteiger partial charge in [-0.05, 0) is 19.3 Å². The van der Waals surface area contributed by atoms with Crippen molar-refractivity contribution >= 4 is 5.95 Å². The van der Waals surface area contributed by atoms with E-state index in [2.05, 4.69) is 15.3 Å². The highest BCUT2D eigenvalue weighted by molar-refractivity contribution is 5.34. The van der Waals surface area contributed by atoms with Gasteiger partial charge in [-0.25, -0.2) is 0 Å². The highest BCUT2D eigenvalue weighted by Gasteiger charge is 2.32. The van der Waals surface area contributed by atoms with Crippen LogP contribution >= 0.6 is 0 Å². The molecule has 0 bridgehead atoms. The molecule has 17 heavy (non-hydrogen) atoms. The molecule has 6 nitrogen and oxygen atoms in total. The molecule has 2 rings (SSSR count). The van der Waals surface area contributed by atoms with Gasteiger partial charge in [0.25, 0.3) is 0 Å². The molecule has 0 amide bonds. The van der Waals surface area contributed by atoms with Crippen LogP contribution in [0.4, 0.5) is 5.95 Å². The summed E-state index contributed by atoms with van der Waals surface area (Å²) < 4.78 is 10.1. The first-order valence-corrected chi connectivity index (χ1v) is 5.65. The summed E-state index contributed by atoms with van der Waals surface area (Å²) in [6.07, 6.45) is 3.28. The van der Waals surface area contributed by atoms with E-state index in [1.807, 2.05) is 0 Å². The molecule has 1 heterocycles. The number of nitrogens with zero attached hydrogens (tertiary/aromatic N) is 2. The molecule has 1 aliphatic carbocycles. The van der Waals surface area contributed by atoms with Gasteiger partial charge in [0.15, 0.2) is 0 Å². The minimum absolute atomic E-state index is 0.111. The van der Waals surface area contributed by atoms with Crippen LogP contribution in [0.25, 0.3) is 0 Å². The number of nitrogens with two attached hydrogens (primary N) is 1. The maximum Gasteiger partial charge on any atom is 0.229 e. The highest BCUT2D eigenvalue weighted by atomic mass is 16.5. The third-order valence-corrected chi connectivity index (χ3v) is 3.05. The van der Waals surface area contributed by atoms with Crippen molar-refractivity contribution < 1.29 is 9.47 Å². The van der Waals surface area contributed by atoms with Crippen LogP contribution in [0.5, 0.6) is 11.8 Å². The molecular formula is C11H18N4O2. The Morgan fingerprint density at radius 3 is 2.29 bits per heavy atom. The number of hydrogen-bond acceptors (Lipinski definition) is 6. The van der Waals surface area contributed by atoms with E-state index in [9.17, 15) is 0 Å². The van der Waals surface area contributed by atoms with Crippen LogP contribution in [0.15, 0.2) is 6.07 Å². The molecule has 1 fully saturated rings. The number of methoxy groups -OCH3 is 2. The minimum atomic E-state index is -0.111. The quantitative estimate of drug-likeness (QED) is 0.789. The standard InChI is InChI=1S/C11H18N4O2/c1-16-8-6-9(17-2)15-10(14-8)13-7-11(12)4-3-5-11/h6H,3-5,7,12H2,1-2H3,(H,13,14,15). The molecule has 94 valence electrons. The predicted octanol–water partition coefficient (Wildman–Crippen LogP) is 0.787. The van der Waals surface area contributed by atoms with Gasteiger partial charge in [-0.15, -0.1) is 0 Å². The van der Waals surface area contributed by atoms with Crippen molar-refractivity contribution in [2.45, 2.75) is 24.8 Å². The third kappa shape index (κ3) is 2.76. The minimum Gasteiger partial charge on any atom is -0.481 e. The number of aromatic nitrogens is 2. The smallest absolute Gasteiger partial charge is 0.229 e. The molecule has 1 aromatic rings. The molecule has 0 unspecified atom stereocenters. The van der Waals surface area contributed by atoms with Gasteiger partial charge in [-0.2, -0.15) is 9.97 Å². The maximum absolute atomic E-state index is 6.11. The molecule has 0 atom stereocenters. The number of rotatable bonds is 5. The van der Waals surface area contributed by atoms with Gasteiger partial charge < -0.3 is 20.5 Å². The Labute approximate surface area is 101 Å². The van der Waals surface area contributed by atoms with Gasteiger partial charge in [0.2, 0.25) is 17.7 Å². The summed E-state index contributed by atoms with van der Waals surface area (Å²) in [4.78, 5) is 8.36. The first-order chi connectivity index (χ1) is 8.15. The van der Waals surface area contributed by atoms with Gasteiger partial charge in [0.05, 0.1) is 20.3 Å². The van der Waals surface area contributed by atoms with E-state index in [-0.39, 0.29) is 5.54 Å². The van der Waals surface area contributed by atoms with E-state index in [0.29, 0.717) is 24.3 Å². The van der Waals surface area contributed by atoms with Crippen LogP contribution in [-0.2, 0) is 0 Å². The van der Waals surface area contributed by atoms with Crippen LogP contribution in [0.3, 0.4) is 0 Å². The molecular weight excluding hydrogens is 220 g/mol. The molecule has 3 N–H and O–H groups in total. The largest absolute Gasteiger partial charge is 0.481 e. The first-order valence-electron chi connectivity index (χ1n) is 5.65. The summed E-state index contributed by atoms with van der Waals surface area (Å²) >= 11 is 0. The van der Waals surface area contributed by atoms with Gasteiger partial charge in [0.1, 0.15) is 0 Å². The lowest BCUT2D eigenvalue weighted by Gasteiger charge is -2.38. The molecule has 0 aliphatic heterocycles. The van der Waals surface area contributed by atoms with Crippen LogP contribution < -0.4 is 20.5 Å². The number of hydrogen-bond donors (Lipinski definition) is 2. The molecule has 6 heteroatoms. The van der Waals surface area contributed by atoms with Crippen molar-refractivity contribution in [1.82, 2.24) is 9.97 Å². The van der Waals surface area contributed by atoms with Crippen molar-refractivity contribution in [3.63, 3.8) is 0 Å². The SMILES string of the molecule is COc1cc(OC)nc(NCC2(N)CCC2)n1. The average Bonchev–Trinajstić information content (AvgIpc) is 2.33. The maximum atomic E-state index is 6.11. The van der Waals surface area contributed by atoms with E-state index in [4.69, 9.17) is 15.2 Å². The van der Waals surface area contributed by atoms with Crippen molar-refractivity contribution in [2.24, 2.45) is 5.73 Å². The fraction of sp³-hybridized carbons (Fsp3) is 0.636. The van der Waals surface area contributed by atoms with Gasteiger partial charge in [0, 0.05) is 12.1 Å². The van der Waals surface area contributed by atoms with E-state index in [0.717, 1.165) is 12.8 Å². The van der Waals surface area contributed by atoms with Crippen LogP contribution in [0.1, 0.15) is 19.3 Å². The fourth-order valence-corrected chi connectivity index (χ4v) is 1.75. The summed E-state index contributed by atoms with van der Waals surface area (Å²) in [5.41, 5.74) is 6.00. The lowest BCUT2D eigenvalue weighted by atomic mass is 9.78. The summed E-state index contributed by atoms with van der Waals surface area (Å²) in [5.74, 6) is 1.43. The van der Waals surface area contributed by atoms with E-state index in [1.54, 1.807) is 20.3 Å². The topological polar surface area (TPSA) is 82.3 Å². The zero-order valence-corrected chi connectivity index (χ0v) is 10.2. The Morgan fingerprint density at radius 2 is 1.88 bits per heavy atom. The Bertz CT molecular complexity index is 371. The zero-order chi connectivity index (χ0) is 12.3. The van der Waals surface area contributed by atoms with Crippen LogP contribution in [-0.4, -0.2) is 36.3 Å². The predicted molar refractivity (Wildman–Crippen MR) is 64.4 cm³/mol. The lowest BCUT2D eigenvalue weighted by molar-refractivity contribution is 0.265. The Morgan fingerprint density at radius 1 is 1.29 bits per heavy atom. The van der Waals surface area contributed by atoms with Gasteiger partial charge in [-0.3, -0.25) is 0 Å². The fourth-order valence-electron chi connectivity index (χ4n) is 1.75. The lowest BCUT2D eigenvalue weighted by Crippen LogP contribution is -2.52. The molecule has 1 aliphatic rings. The highest BCUT2D eigenvalue weighted by Crippen LogP contribution is 2.29. The Kier molecular flexibility index (Phi) is 3.33. The molecule has 1 saturated carbocycles. The summed E-state index contributed by atoms with van der Waals surface area (Å²) in [6, 6.07) is 1.63. The first kappa shape index (κ1) is 11.9. The third-order valence-electron chi connectivity index (χ3n) is 3.05.